The molecule has 2 N–H and O–H groups in total. The van der Waals surface area contributed by atoms with Crippen molar-refractivity contribution >= 4 is 0 Å². The highest BCUT2D eigenvalue weighted by Gasteiger charge is 2.24. The summed E-state index contributed by atoms with van der Waals surface area (Å²) in [6.45, 7) is 13.0. The molecule has 0 amide bonds. The van der Waals surface area contributed by atoms with Crippen LogP contribution in [0.15, 0.2) is 24.3 Å². The van der Waals surface area contributed by atoms with Crippen LogP contribution in [0.4, 0.5) is 0 Å². The van der Waals surface area contributed by atoms with Crippen LogP contribution in [-0.2, 0) is 12.0 Å². The molecule has 20 heavy (non-hydrogen) atoms. The van der Waals surface area contributed by atoms with Gasteiger partial charge >= 0.3 is 0 Å². The number of nitrogens with one attached hydrogen (secondary N) is 1. The summed E-state index contributed by atoms with van der Waals surface area (Å²) in [5.74, 6) is 0. The van der Waals surface area contributed by atoms with Crippen LogP contribution in [-0.4, -0.2) is 18.3 Å². The van der Waals surface area contributed by atoms with Crippen LogP contribution in [0, 0.1) is 5.41 Å². The molecule has 2 nitrogen and oxygen atoms in total. The van der Waals surface area contributed by atoms with Crippen molar-refractivity contribution in [2.75, 3.05) is 13.2 Å². The summed E-state index contributed by atoms with van der Waals surface area (Å²) in [4.78, 5) is 0. The predicted molar refractivity (Wildman–Crippen MR) is 86.9 cm³/mol. The molecule has 0 aliphatic rings. The summed E-state index contributed by atoms with van der Waals surface area (Å²) < 4.78 is 0. The Bertz CT molecular complexity index is 377. The van der Waals surface area contributed by atoms with Gasteiger partial charge in [-0.15, -0.1) is 0 Å². The maximum absolute atomic E-state index is 9.56. The summed E-state index contributed by atoms with van der Waals surface area (Å²) in [6, 6.07) is 8.84. The number of rotatable bonds is 7. The van der Waals surface area contributed by atoms with Gasteiger partial charge in [-0.3, -0.25) is 0 Å². The lowest BCUT2D eigenvalue weighted by Gasteiger charge is -2.29. The van der Waals surface area contributed by atoms with Gasteiger partial charge in [-0.2, -0.15) is 0 Å². The van der Waals surface area contributed by atoms with E-state index < -0.39 is 0 Å². The van der Waals surface area contributed by atoms with Gasteiger partial charge in [-0.1, -0.05) is 58.9 Å². The van der Waals surface area contributed by atoms with Crippen LogP contribution in [0.25, 0.3) is 0 Å². The molecule has 0 fully saturated rings. The standard InChI is InChI=1S/C18H31NO/c1-6-18(7-2,14-20)13-19-12-15-8-10-16(11-9-15)17(3,4)5/h8-11,19-20H,6-7,12-14H2,1-5H3. The van der Waals surface area contributed by atoms with E-state index in [2.05, 4.69) is 64.2 Å². The minimum atomic E-state index is 0.0331. The molecule has 0 aliphatic carbocycles. The van der Waals surface area contributed by atoms with Gasteiger partial charge in [0.15, 0.2) is 0 Å². The van der Waals surface area contributed by atoms with E-state index in [1.807, 2.05) is 0 Å². The zero-order valence-corrected chi connectivity index (χ0v) is 13.8. The Labute approximate surface area is 124 Å². The molecule has 0 unspecified atom stereocenters. The lowest BCUT2D eigenvalue weighted by Crippen LogP contribution is -2.36. The van der Waals surface area contributed by atoms with E-state index in [1.54, 1.807) is 0 Å². The minimum Gasteiger partial charge on any atom is -0.396 e. The summed E-state index contributed by atoms with van der Waals surface area (Å²) in [5.41, 5.74) is 2.92. The fourth-order valence-electron chi connectivity index (χ4n) is 2.37. The first-order chi connectivity index (χ1) is 9.37. The predicted octanol–water partition coefficient (Wildman–Crippen LogP) is 3.87. The molecule has 0 aliphatic heterocycles. The maximum atomic E-state index is 9.56. The van der Waals surface area contributed by atoms with Gasteiger partial charge in [0.25, 0.3) is 0 Å². The van der Waals surface area contributed by atoms with Crippen molar-refractivity contribution in [1.29, 1.82) is 0 Å². The molecular weight excluding hydrogens is 246 g/mol. The Morgan fingerprint density at radius 1 is 1.00 bits per heavy atom. The molecule has 0 saturated carbocycles. The number of aliphatic hydroxyl groups is 1. The van der Waals surface area contributed by atoms with Gasteiger partial charge in [0.2, 0.25) is 0 Å². The lowest BCUT2D eigenvalue weighted by molar-refractivity contribution is 0.113. The average Bonchev–Trinajstić information content (AvgIpc) is 2.44. The fourth-order valence-corrected chi connectivity index (χ4v) is 2.37. The number of hydrogen-bond acceptors (Lipinski definition) is 2. The quantitative estimate of drug-likeness (QED) is 0.793. The van der Waals surface area contributed by atoms with Crippen molar-refractivity contribution in [3.8, 4) is 0 Å². The van der Waals surface area contributed by atoms with Gasteiger partial charge in [0.05, 0.1) is 0 Å². The molecule has 0 spiro atoms. The van der Waals surface area contributed by atoms with Crippen molar-refractivity contribution < 1.29 is 5.11 Å². The van der Waals surface area contributed by atoms with E-state index >= 15 is 0 Å². The summed E-state index contributed by atoms with van der Waals surface area (Å²) in [7, 11) is 0. The molecule has 1 rings (SSSR count). The van der Waals surface area contributed by atoms with Gasteiger partial charge in [-0.05, 0) is 29.4 Å². The minimum absolute atomic E-state index is 0.0331. The second kappa shape index (κ2) is 7.24. The normalized spacial score (nSPS) is 12.7. The van der Waals surface area contributed by atoms with Crippen LogP contribution in [0.5, 0.6) is 0 Å². The lowest BCUT2D eigenvalue weighted by atomic mass is 9.83. The first kappa shape index (κ1) is 17.2. The van der Waals surface area contributed by atoms with Gasteiger partial charge in [0.1, 0.15) is 0 Å². The Morgan fingerprint density at radius 3 is 1.95 bits per heavy atom. The first-order valence-electron chi connectivity index (χ1n) is 7.78. The first-order valence-corrected chi connectivity index (χ1v) is 7.78. The largest absolute Gasteiger partial charge is 0.396 e. The SMILES string of the molecule is CCC(CC)(CO)CNCc1ccc(C(C)(C)C)cc1. The van der Waals surface area contributed by atoms with E-state index in [0.29, 0.717) is 0 Å². The van der Waals surface area contributed by atoms with Crippen molar-refractivity contribution in [3.63, 3.8) is 0 Å². The molecule has 1 aromatic carbocycles. The Balaban J connectivity index is 2.54. The number of aliphatic hydroxyl groups excluding tert-OH is 1. The van der Waals surface area contributed by atoms with E-state index in [9.17, 15) is 5.11 Å². The van der Waals surface area contributed by atoms with Gasteiger partial charge in [0, 0.05) is 25.1 Å². The second-order valence-electron chi connectivity index (χ2n) is 6.92. The third kappa shape index (κ3) is 4.60. The topological polar surface area (TPSA) is 32.3 Å². The monoisotopic (exact) mass is 277 g/mol. The van der Waals surface area contributed by atoms with Crippen LogP contribution >= 0.6 is 0 Å². The molecule has 0 atom stereocenters. The van der Waals surface area contributed by atoms with Crippen LogP contribution < -0.4 is 5.32 Å². The Morgan fingerprint density at radius 2 is 1.55 bits per heavy atom. The second-order valence-corrected chi connectivity index (χ2v) is 6.92. The highest BCUT2D eigenvalue weighted by atomic mass is 16.3. The van der Waals surface area contributed by atoms with Crippen molar-refractivity contribution in [3.05, 3.63) is 35.4 Å². The molecule has 0 bridgehead atoms. The van der Waals surface area contributed by atoms with Crippen LogP contribution in [0.3, 0.4) is 0 Å². The Hall–Kier alpha value is -0.860. The van der Waals surface area contributed by atoms with Crippen LogP contribution in [0.2, 0.25) is 0 Å². The molecule has 0 aromatic heterocycles. The van der Waals surface area contributed by atoms with Crippen LogP contribution in [0.1, 0.15) is 58.6 Å². The maximum Gasteiger partial charge on any atom is 0.0499 e. The molecule has 114 valence electrons. The zero-order valence-electron chi connectivity index (χ0n) is 13.8. The number of benzene rings is 1. The molecule has 0 saturated heterocycles. The zero-order chi connectivity index (χ0) is 15.2. The van der Waals surface area contributed by atoms with E-state index in [0.717, 1.165) is 25.9 Å². The molecule has 0 heterocycles. The molecule has 2 heteroatoms. The molecule has 1 aromatic rings. The van der Waals surface area contributed by atoms with Gasteiger partial charge < -0.3 is 10.4 Å². The van der Waals surface area contributed by atoms with Crippen molar-refractivity contribution in [1.82, 2.24) is 5.32 Å². The van der Waals surface area contributed by atoms with E-state index in [4.69, 9.17) is 0 Å². The van der Waals surface area contributed by atoms with Crippen molar-refractivity contribution in [2.45, 2.75) is 59.4 Å². The van der Waals surface area contributed by atoms with E-state index in [1.165, 1.54) is 11.1 Å². The van der Waals surface area contributed by atoms with E-state index in [-0.39, 0.29) is 17.4 Å². The average molecular weight is 277 g/mol. The fraction of sp³-hybridized carbons (Fsp3) is 0.667. The highest BCUT2D eigenvalue weighted by Crippen LogP contribution is 2.25. The number of hydrogen-bond donors (Lipinski definition) is 2. The summed E-state index contributed by atoms with van der Waals surface area (Å²) in [6.07, 6.45) is 2.02. The van der Waals surface area contributed by atoms with Crippen molar-refractivity contribution in [2.24, 2.45) is 5.41 Å². The summed E-state index contributed by atoms with van der Waals surface area (Å²) in [5, 5.41) is 13.1. The van der Waals surface area contributed by atoms with Gasteiger partial charge in [-0.25, -0.2) is 0 Å². The molecule has 0 radical (unpaired) electrons. The highest BCUT2D eigenvalue weighted by molar-refractivity contribution is 5.27. The smallest absolute Gasteiger partial charge is 0.0499 e. The third-order valence-corrected chi connectivity index (χ3v) is 4.48. The third-order valence-electron chi connectivity index (χ3n) is 4.48. The summed E-state index contributed by atoms with van der Waals surface area (Å²) >= 11 is 0. The Kier molecular flexibility index (Phi) is 6.22. The molecular formula is C18H31NO.